The summed E-state index contributed by atoms with van der Waals surface area (Å²) in [6.45, 7) is 0. The zero-order valence-electron chi connectivity index (χ0n) is 12.7. The summed E-state index contributed by atoms with van der Waals surface area (Å²) in [5.74, 6) is 0.164. The molecule has 24 heavy (non-hydrogen) atoms. The van der Waals surface area contributed by atoms with Gasteiger partial charge >= 0.3 is 6.18 Å². The van der Waals surface area contributed by atoms with E-state index in [1.54, 1.807) is 0 Å². The third-order valence-electron chi connectivity index (χ3n) is 2.92. The fourth-order valence-electron chi connectivity index (χ4n) is 1.75. The molecule has 6 nitrogen and oxygen atoms in total. The molecule has 2 aromatic heterocycles. The first-order valence-electron chi connectivity index (χ1n) is 6.56. The largest absolute Gasteiger partial charge is 0.417 e. The maximum Gasteiger partial charge on any atom is 0.417 e. The highest BCUT2D eigenvalue weighted by molar-refractivity contribution is 7.90. The Hall–Kier alpha value is -2.49. The van der Waals surface area contributed by atoms with Crippen LogP contribution in [-0.4, -0.2) is 37.9 Å². The van der Waals surface area contributed by atoms with Gasteiger partial charge in [-0.05, 0) is 23.8 Å². The van der Waals surface area contributed by atoms with E-state index in [1.807, 2.05) is 0 Å². The minimum Gasteiger partial charge on any atom is -0.371 e. The van der Waals surface area contributed by atoms with Gasteiger partial charge < -0.3 is 5.32 Å². The molecule has 0 aromatic carbocycles. The maximum absolute atomic E-state index is 12.8. The first-order valence-corrected chi connectivity index (χ1v) is 8.45. The number of pyridine rings is 2. The SMILES string of the molecule is CNc1ncc(C(F)(F)F)cc1N=Cc1ccnc(S(C)(=O)=O)c1. The van der Waals surface area contributed by atoms with Gasteiger partial charge in [0.05, 0.1) is 5.56 Å². The number of hydrogen-bond acceptors (Lipinski definition) is 6. The molecule has 0 radical (unpaired) electrons. The van der Waals surface area contributed by atoms with E-state index in [2.05, 4.69) is 20.3 Å². The van der Waals surface area contributed by atoms with Gasteiger partial charge in [0.2, 0.25) is 0 Å². The van der Waals surface area contributed by atoms with Crippen LogP contribution in [0.1, 0.15) is 11.1 Å². The number of halogens is 3. The van der Waals surface area contributed by atoms with Crippen molar-refractivity contribution >= 4 is 27.6 Å². The van der Waals surface area contributed by atoms with Crippen molar-refractivity contribution in [2.75, 3.05) is 18.6 Å². The Labute approximate surface area is 136 Å². The Bertz CT molecular complexity index is 880. The molecule has 0 amide bonds. The van der Waals surface area contributed by atoms with Crippen molar-refractivity contribution in [1.82, 2.24) is 9.97 Å². The number of aromatic nitrogens is 2. The average Bonchev–Trinajstić information content (AvgIpc) is 2.51. The summed E-state index contributed by atoms with van der Waals surface area (Å²) >= 11 is 0. The lowest BCUT2D eigenvalue weighted by molar-refractivity contribution is -0.137. The van der Waals surface area contributed by atoms with Crippen LogP contribution in [0.2, 0.25) is 0 Å². The molecule has 0 saturated carbocycles. The Morgan fingerprint density at radius 1 is 1.25 bits per heavy atom. The molecule has 1 N–H and O–H groups in total. The number of anilines is 1. The summed E-state index contributed by atoms with van der Waals surface area (Å²) in [6.07, 6.45) is -0.301. The molecule has 0 unspecified atom stereocenters. The number of hydrogen-bond donors (Lipinski definition) is 1. The van der Waals surface area contributed by atoms with E-state index in [-0.39, 0.29) is 16.5 Å². The lowest BCUT2D eigenvalue weighted by Gasteiger charge is -2.09. The minimum absolute atomic E-state index is 0.0231. The number of rotatable bonds is 4. The van der Waals surface area contributed by atoms with E-state index in [4.69, 9.17) is 0 Å². The third kappa shape index (κ3) is 4.28. The zero-order valence-corrected chi connectivity index (χ0v) is 13.5. The lowest BCUT2D eigenvalue weighted by atomic mass is 10.2. The molecule has 0 atom stereocenters. The summed E-state index contributed by atoms with van der Waals surface area (Å²) < 4.78 is 61.2. The Morgan fingerprint density at radius 3 is 2.54 bits per heavy atom. The summed E-state index contributed by atoms with van der Waals surface area (Å²) in [5, 5.41) is 2.50. The van der Waals surface area contributed by atoms with Crippen LogP contribution in [0.4, 0.5) is 24.7 Å². The van der Waals surface area contributed by atoms with Gasteiger partial charge in [-0.15, -0.1) is 0 Å². The fourth-order valence-corrected chi connectivity index (χ4v) is 2.35. The second-order valence-electron chi connectivity index (χ2n) is 4.80. The van der Waals surface area contributed by atoms with Crippen LogP contribution in [0, 0.1) is 0 Å². The van der Waals surface area contributed by atoms with E-state index in [9.17, 15) is 21.6 Å². The molecule has 2 rings (SSSR count). The minimum atomic E-state index is -4.54. The first kappa shape index (κ1) is 17.9. The molecule has 0 spiro atoms. The highest BCUT2D eigenvalue weighted by Crippen LogP contribution is 2.33. The van der Waals surface area contributed by atoms with Crippen molar-refractivity contribution in [1.29, 1.82) is 0 Å². The standard InChI is InChI=1S/C14H13F3N4O2S/c1-18-13-11(6-10(8-21-13)14(15,16)17)20-7-9-3-4-19-12(5-9)24(2,22)23/h3-8H,1-2H3,(H,18,21). The summed E-state index contributed by atoms with van der Waals surface area (Å²) in [5.41, 5.74) is -0.574. The van der Waals surface area contributed by atoms with E-state index in [0.29, 0.717) is 11.8 Å². The van der Waals surface area contributed by atoms with Gasteiger partial charge in [0.1, 0.15) is 5.69 Å². The monoisotopic (exact) mass is 358 g/mol. The van der Waals surface area contributed by atoms with Crippen LogP contribution in [0.25, 0.3) is 0 Å². The third-order valence-corrected chi connectivity index (χ3v) is 3.91. The fraction of sp³-hybridized carbons (Fsp3) is 0.214. The highest BCUT2D eigenvalue weighted by Gasteiger charge is 2.31. The molecule has 0 fully saturated rings. The molecule has 0 aliphatic rings. The van der Waals surface area contributed by atoms with Crippen LogP contribution in [-0.2, 0) is 16.0 Å². The first-order chi connectivity index (χ1) is 11.1. The van der Waals surface area contributed by atoms with Crippen LogP contribution >= 0.6 is 0 Å². The van der Waals surface area contributed by atoms with Crippen LogP contribution < -0.4 is 5.32 Å². The lowest BCUT2D eigenvalue weighted by Crippen LogP contribution is -2.06. The Balaban J connectivity index is 2.42. The molecule has 128 valence electrons. The quantitative estimate of drug-likeness (QED) is 0.850. The normalized spacial score (nSPS) is 12.5. The Morgan fingerprint density at radius 2 is 1.96 bits per heavy atom. The van der Waals surface area contributed by atoms with Gasteiger partial charge in [0.25, 0.3) is 0 Å². The summed E-state index contributed by atoms with van der Waals surface area (Å²) in [7, 11) is -1.99. The topological polar surface area (TPSA) is 84.3 Å². The van der Waals surface area contributed by atoms with Gasteiger partial charge in [-0.2, -0.15) is 13.2 Å². The van der Waals surface area contributed by atoms with Crippen molar-refractivity contribution in [3.63, 3.8) is 0 Å². The Kier molecular flexibility index (Phi) is 4.88. The zero-order chi connectivity index (χ0) is 18.0. The molecule has 10 heteroatoms. The smallest absolute Gasteiger partial charge is 0.371 e. The predicted octanol–water partition coefficient (Wildman–Crippen LogP) is 2.69. The van der Waals surface area contributed by atoms with E-state index < -0.39 is 21.6 Å². The highest BCUT2D eigenvalue weighted by atomic mass is 32.2. The van der Waals surface area contributed by atoms with Crippen molar-refractivity contribution in [3.05, 3.63) is 41.7 Å². The molecule has 0 aliphatic heterocycles. The van der Waals surface area contributed by atoms with Crippen molar-refractivity contribution < 1.29 is 21.6 Å². The van der Waals surface area contributed by atoms with Crippen molar-refractivity contribution in [3.8, 4) is 0 Å². The second-order valence-corrected chi connectivity index (χ2v) is 6.76. The van der Waals surface area contributed by atoms with E-state index in [1.165, 1.54) is 31.6 Å². The molecule has 0 saturated heterocycles. The number of nitrogens with one attached hydrogen (secondary N) is 1. The molecular formula is C14H13F3N4O2S. The molecule has 0 bridgehead atoms. The van der Waals surface area contributed by atoms with Gasteiger partial charge in [0.15, 0.2) is 20.7 Å². The summed E-state index contributed by atoms with van der Waals surface area (Å²) in [6, 6.07) is 3.62. The summed E-state index contributed by atoms with van der Waals surface area (Å²) in [4.78, 5) is 11.4. The van der Waals surface area contributed by atoms with E-state index >= 15 is 0 Å². The van der Waals surface area contributed by atoms with Crippen LogP contribution in [0.5, 0.6) is 0 Å². The van der Waals surface area contributed by atoms with E-state index in [0.717, 1.165) is 12.3 Å². The van der Waals surface area contributed by atoms with Gasteiger partial charge in [0, 0.05) is 31.9 Å². The van der Waals surface area contributed by atoms with Gasteiger partial charge in [-0.1, -0.05) is 0 Å². The predicted molar refractivity (Wildman–Crippen MR) is 83.4 cm³/mol. The van der Waals surface area contributed by atoms with Gasteiger partial charge in [-0.3, -0.25) is 4.99 Å². The number of sulfone groups is 1. The van der Waals surface area contributed by atoms with Crippen molar-refractivity contribution in [2.45, 2.75) is 11.2 Å². The number of alkyl halides is 3. The van der Waals surface area contributed by atoms with Crippen LogP contribution in [0.3, 0.4) is 0 Å². The maximum atomic E-state index is 12.8. The van der Waals surface area contributed by atoms with Gasteiger partial charge in [-0.25, -0.2) is 18.4 Å². The second kappa shape index (κ2) is 6.56. The van der Waals surface area contributed by atoms with Crippen molar-refractivity contribution in [2.24, 2.45) is 4.99 Å². The molecule has 0 aliphatic carbocycles. The molecule has 2 aromatic rings. The molecule has 2 heterocycles. The number of aliphatic imine (C=N–C) groups is 1. The van der Waals surface area contributed by atoms with Crippen LogP contribution in [0.15, 0.2) is 40.6 Å². The average molecular weight is 358 g/mol. The number of nitrogens with zero attached hydrogens (tertiary/aromatic N) is 3. The molecular weight excluding hydrogens is 345 g/mol.